The molecule has 0 aliphatic rings. The van der Waals surface area contributed by atoms with Gasteiger partial charge in [0.15, 0.2) is 0 Å². The van der Waals surface area contributed by atoms with Crippen molar-refractivity contribution in [1.82, 2.24) is 20.2 Å². The molecule has 0 aliphatic carbocycles. The predicted octanol–water partition coefficient (Wildman–Crippen LogP) is -0.102. The molecule has 1 aromatic carbocycles. The van der Waals surface area contributed by atoms with Crippen LogP contribution < -0.4 is 15.4 Å². The van der Waals surface area contributed by atoms with E-state index in [0.717, 1.165) is 0 Å². The van der Waals surface area contributed by atoms with Crippen LogP contribution in [0.2, 0.25) is 0 Å². The molecule has 5 N–H and O–H groups in total. The summed E-state index contributed by atoms with van der Waals surface area (Å²) in [5.74, 6) is -5.52. The molecule has 1 aromatic heterocycles. The number of carboxylic acids is 3. The largest absolute Gasteiger partial charge is 0.481 e. The first-order valence-electron chi connectivity index (χ1n) is 10.6. The molecule has 0 bridgehead atoms. The Morgan fingerprint density at radius 1 is 1.00 bits per heavy atom. The van der Waals surface area contributed by atoms with E-state index in [1.54, 1.807) is 18.7 Å². The number of carbonyl (C=O) groups is 5. The molecule has 0 unspecified atom stereocenters. The number of carbonyl (C=O) groups excluding carboxylic acids is 2. The summed E-state index contributed by atoms with van der Waals surface area (Å²) in [5.41, 5.74) is 0.566. The number of amides is 2. The number of hydrogen-bond donors (Lipinski definition) is 5. The van der Waals surface area contributed by atoms with E-state index in [-0.39, 0.29) is 25.0 Å². The first kappa shape index (κ1) is 26.8. The van der Waals surface area contributed by atoms with Crippen molar-refractivity contribution in [2.24, 2.45) is 0 Å². The second-order valence-electron chi connectivity index (χ2n) is 7.48. The van der Waals surface area contributed by atoms with Crippen LogP contribution in [0.1, 0.15) is 24.8 Å². The maximum Gasteiger partial charge on any atom is 0.356 e. The third-order valence-corrected chi connectivity index (χ3v) is 4.73. The number of nitrogens with zero attached hydrogens (tertiary/aromatic N) is 2. The van der Waals surface area contributed by atoms with Crippen molar-refractivity contribution in [3.05, 3.63) is 48.5 Å². The summed E-state index contributed by atoms with van der Waals surface area (Å²) in [5, 5.41) is 31.9. The Bertz CT molecular complexity index is 1010. The summed E-state index contributed by atoms with van der Waals surface area (Å²) >= 11 is 0. The molecular formula is C22H26N4O9. The third-order valence-electron chi connectivity index (χ3n) is 4.73. The lowest BCUT2D eigenvalue weighted by atomic mass is 10.0. The van der Waals surface area contributed by atoms with Gasteiger partial charge in [-0.15, -0.1) is 0 Å². The van der Waals surface area contributed by atoms with Crippen molar-refractivity contribution in [3.8, 4) is 5.75 Å². The summed E-state index contributed by atoms with van der Waals surface area (Å²) in [4.78, 5) is 61.5. The summed E-state index contributed by atoms with van der Waals surface area (Å²) in [6, 6.07) is 4.70. The monoisotopic (exact) mass is 490 g/mol. The van der Waals surface area contributed by atoms with E-state index in [1.807, 2.05) is 4.57 Å². The highest BCUT2D eigenvalue weighted by Gasteiger charge is 2.28. The lowest BCUT2D eigenvalue weighted by Gasteiger charge is -2.19. The molecule has 188 valence electrons. The van der Waals surface area contributed by atoms with Crippen molar-refractivity contribution in [2.45, 2.75) is 44.4 Å². The van der Waals surface area contributed by atoms with Crippen LogP contribution in [0.3, 0.4) is 0 Å². The molecule has 2 rings (SSSR count). The fraction of sp³-hybridized carbons (Fsp3) is 0.364. The minimum absolute atomic E-state index is 0.00505. The van der Waals surface area contributed by atoms with Gasteiger partial charge in [-0.3, -0.25) is 14.4 Å². The highest BCUT2D eigenvalue weighted by Crippen LogP contribution is 2.16. The number of imidazole rings is 1. The maximum absolute atomic E-state index is 12.7. The van der Waals surface area contributed by atoms with E-state index in [0.29, 0.717) is 25.1 Å². The molecule has 2 amide bonds. The average molecular weight is 490 g/mol. The van der Waals surface area contributed by atoms with Crippen molar-refractivity contribution in [2.75, 3.05) is 6.54 Å². The van der Waals surface area contributed by atoms with Gasteiger partial charge >= 0.3 is 17.9 Å². The number of hydrogen-bond acceptors (Lipinski definition) is 7. The zero-order valence-corrected chi connectivity index (χ0v) is 18.6. The van der Waals surface area contributed by atoms with Crippen LogP contribution >= 0.6 is 0 Å². The second kappa shape index (κ2) is 13.3. The van der Waals surface area contributed by atoms with E-state index < -0.39 is 41.9 Å². The lowest BCUT2D eigenvalue weighted by molar-refractivity contribution is -0.159. The molecular weight excluding hydrogens is 464 g/mol. The topological polar surface area (TPSA) is 197 Å². The molecule has 1 atom stereocenters. The molecule has 0 spiro atoms. The number of ether oxygens (including phenoxy) is 1. The molecule has 2 aromatic rings. The molecule has 0 aliphatic heterocycles. The predicted molar refractivity (Wildman–Crippen MR) is 118 cm³/mol. The van der Waals surface area contributed by atoms with Gasteiger partial charge in [0.05, 0.1) is 12.7 Å². The summed E-state index contributed by atoms with van der Waals surface area (Å²) < 4.78 is 6.80. The molecule has 0 saturated heterocycles. The number of rotatable bonds is 15. The van der Waals surface area contributed by atoms with Crippen LogP contribution in [0.25, 0.3) is 0 Å². The fourth-order valence-electron chi connectivity index (χ4n) is 2.99. The standard InChI is InChI=1S/C22H26N4O9/c27-17(6-7-18(28)29)25-16(20(30)24-8-1-10-26-11-9-23-13-26)12-14-2-4-15(5-3-14)35-19(21(31)32)22(33)34/h2-5,9,11,13,16,19H,1,6-8,10,12H2,(H,24,30)(H,25,27)(H,28,29)(H,31,32)(H,33,34)/t16-/m0/s1. The fourth-order valence-corrected chi connectivity index (χ4v) is 2.99. The Kier molecular flexibility index (Phi) is 10.2. The van der Waals surface area contributed by atoms with Crippen molar-refractivity contribution < 1.29 is 44.0 Å². The van der Waals surface area contributed by atoms with Crippen LogP contribution in [0.15, 0.2) is 43.0 Å². The van der Waals surface area contributed by atoms with E-state index in [4.69, 9.17) is 20.1 Å². The third kappa shape index (κ3) is 9.53. The smallest absolute Gasteiger partial charge is 0.356 e. The summed E-state index contributed by atoms with van der Waals surface area (Å²) in [6.45, 7) is 0.960. The lowest BCUT2D eigenvalue weighted by Crippen LogP contribution is -2.48. The van der Waals surface area contributed by atoms with Gasteiger partial charge in [0.1, 0.15) is 11.8 Å². The number of aryl methyl sites for hydroxylation is 1. The highest BCUT2D eigenvalue weighted by molar-refractivity contribution is 5.96. The summed E-state index contributed by atoms with van der Waals surface area (Å²) in [7, 11) is 0. The van der Waals surface area contributed by atoms with Crippen molar-refractivity contribution >= 4 is 29.7 Å². The Hall–Kier alpha value is -4.42. The van der Waals surface area contributed by atoms with Gasteiger partial charge in [0.2, 0.25) is 11.8 Å². The Balaban J connectivity index is 2.00. The Morgan fingerprint density at radius 3 is 2.26 bits per heavy atom. The number of aromatic nitrogens is 2. The maximum atomic E-state index is 12.7. The Morgan fingerprint density at radius 2 is 1.69 bits per heavy atom. The van der Waals surface area contributed by atoms with Gasteiger partial charge in [-0.05, 0) is 24.1 Å². The van der Waals surface area contributed by atoms with Gasteiger partial charge in [0.25, 0.3) is 6.10 Å². The molecule has 0 saturated carbocycles. The van der Waals surface area contributed by atoms with Crippen LogP contribution in [0, 0.1) is 0 Å². The van der Waals surface area contributed by atoms with Gasteiger partial charge < -0.3 is 35.3 Å². The highest BCUT2D eigenvalue weighted by atomic mass is 16.5. The number of aliphatic carboxylic acids is 3. The van der Waals surface area contributed by atoms with Crippen LogP contribution in [-0.4, -0.2) is 73.3 Å². The molecule has 35 heavy (non-hydrogen) atoms. The molecule has 0 fully saturated rings. The molecule has 1 heterocycles. The summed E-state index contributed by atoms with van der Waals surface area (Å²) in [6.07, 6.45) is 2.99. The first-order valence-corrected chi connectivity index (χ1v) is 10.6. The first-order chi connectivity index (χ1) is 16.7. The molecule has 13 heteroatoms. The number of benzene rings is 1. The minimum Gasteiger partial charge on any atom is -0.481 e. The van der Waals surface area contributed by atoms with E-state index in [9.17, 15) is 24.0 Å². The minimum atomic E-state index is -2.07. The van der Waals surface area contributed by atoms with Crippen LogP contribution in [-0.2, 0) is 36.9 Å². The zero-order valence-electron chi connectivity index (χ0n) is 18.6. The van der Waals surface area contributed by atoms with Crippen molar-refractivity contribution in [1.29, 1.82) is 0 Å². The number of nitrogens with one attached hydrogen (secondary N) is 2. The molecule has 13 nitrogen and oxygen atoms in total. The van der Waals surface area contributed by atoms with Gasteiger partial charge in [-0.25, -0.2) is 14.6 Å². The van der Waals surface area contributed by atoms with Gasteiger partial charge in [0, 0.05) is 38.3 Å². The Labute approximate surface area is 199 Å². The number of carboxylic acid groups (broad SMARTS) is 3. The van der Waals surface area contributed by atoms with Crippen molar-refractivity contribution in [3.63, 3.8) is 0 Å². The quantitative estimate of drug-likeness (QED) is 0.166. The van der Waals surface area contributed by atoms with E-state index in [1.165, 1.54) is 24.3 Å². The normalized spacial score (nSPS) is 11.5. The van der Waals surface area contributed by atoms with E-state index in [2.05, 4.69) is 15.6 Å². The van der Waals surface area contributed by atoms with Crippen LogP contribution in [0.5, 0.6) is 5.75 Å². The molecule has 0 radical (unpaired) electrons. The van der Waals surface area contributed by atoms with Gasteiger partial charge in [-0.1, -0.05) is 12.1 Å². The second-order valence-corrected chi connectivity index (χ2v) is 7.48. The SMILES string of the molecule is O=C(O)CCC(=O)N[C@@H](Cc1ccc(OC(C(=O)O)C(=O)O)cc1)C(=O)NCCCn1ccnc1. The average Bonchev–Trinajstić information content (AvgIpc) is 3.32. The zero-order chi connectivity index (χ0) is 25.8. The van der Waals surface area contributed by atoms with E-state index >= 15 is 0 Å². The van der Waals surface area contributed by atoms with Gasteiger partial charge in [-0.2, -0.15) is 0 Å². The van der Waals surface area contributed by atoms with Crippen LogP contribution in [0.4, 0.5) is 0 Å².